The standard InChI is InChI=1S/C14H14IN5O6S.Na/c1-7-16-12(19-14(17-7)26-3)18-13(22)20-27(23,24)10-6-8(15)4-5-9(10)11(21)25-2;/h4-6H,1-3H3,(H2,16,17,18,19,20,22);. The van der Waals surface area contributed by atoms with Crippen LogP contribution in [0.15, 0.2) is 23.1 Å². The second-order valence-corrected chi connectivity index (χ2v) is 7.78. The summed E-state index contributed by atoms with van der Waals surface area (Å²) in [5.74, 6) is -0.807. The second-order valence-electron chi connectivity index (χ2n) is 4.88. The fraction of sp³-hybridized carbons (Fsp3) is 0.214. The number of urea groups is 1. The number of aromatic nitrogens is 3. The van der Waals surface area contributed by atoms with Crippen LogP contribution in [0.2, 0.25) is 0 Å². The number of carbonyl (C=O) groups excluding carboxylic acids is 2. The summed E-state index contributed by atoms with van der Waals surface area (Å²) in [5.41, 5.74) is -0.212. The largest absolute Gasteiger partial charge is 0.467 e. The van der Waals surface area contributed by atoms with E-state index in [1.54, 1.807) is 11.6 Å². The Hall–Kier alpha value is -1.55. The number of rotatable bonds is 5. The molecule has 14 heteroatoms. The van der Waals surface area contributed by atoms with E-state index in [4.69, 9.17) is 4.74 Å². The van der Waals surface area contributed by atoms with Gasteiger partial charge in [0.2, 0.25) is 5.95 Å². The Balaban J connectivity index is 0.00000392. The van der Waals surface area contributed by atoms with Gasteiger partial charge in [0, 0.05) is 33.1 Å². The Labute approximate surface area is 196 Å². The topological polar surface area (TPSA) is 149 Å². The monoisotopic (exact) mass is 530 g/mol. The van der Waals surface area contributed by atoms with E-state index in [9.17, 15) is 18.0 Å². The Kier molecular flexibility index (Phi) is 9.00. The van der Waals surface area contributed by atoms with Crippen LogP contribution in [0, 0.1) is 10.5 Å². The Morgan fingerprint density at radius 3 is 2.43 bits per heavy atom. The molecule has 0 saturated heterocycles. The van der Waals surface area contributed by atoms with Gasteiger partial charge >= 0.3 is 18.0 Å². The summed E-state index contributed by atoms with van der Waals surface area (Å²) < 4.78 is 36.9. The predicted molar refractivity (Wildman–Crippen MR) is 107 cm³/mol. The van der Waals surface area contributed by atoms with E-state index < -0.39 is 26.9 Å². The van der Waals surface area contributed by atoms with Crippen molar-refractivity contribution in [1.29, 1.82) is 0 Å². The quantitative estimate of drug-likeness (QED) is 0.324. The number of amides is 2. The van der Waals surface area contributed by atoms with Crippen LogP contribution in [0.5, 0.6) is 6.01 Å². The third-order valence-electron chi connectivity index (χ3n) is 3.00. The van der Waals surface area contributed by atoms with Crippen LogP contribution < -0.4 is 14.8 Å². The maximum atomic E-state index is 12.6. The summed E-state index contributed by atoms with van der Waals surface area (Å²) >= 11 is 1.88. The van der Waals surface area contributed by atoms with Crippen molar-refractivity contribution in [1.82, 2.24) is 19.7 Å². The van der Waals surface area contributed by atoms with Gasteiger partial charge in [0.25, 0.3) is 10.0 Å². The normalized spacial score (nSPS) is 10.4. The number of esters is 1. The molecule has 2 aromatic rings. The Morgan fingerprint density at radius 1 is 1.14 bits per heavy atom. The minimum Gasteiger partial charge on any atom is -0.467 e. The number of nitrogens with one attached hydrogen (secondary N) is 2. The zero-order valence-corrected chi connectivity index (χ0v) is 20.3. The number of hydrogen-bond donors (Lipinski definition) is 2. The summed E-state index contributed by atoms with van der Waals surface area (Å²) in [5, 5.41) is 2.17. The number of sulfonamides is 1. The molecule has 145 valence electrons. The molecule has 0 fully saturated rings. The van der Waals surface area contributed by atoms with Crippen molar-refractivity contribution in [3.05, 3.63) is 33.2 Å². The van der Waals surface area contributed by atoms with Crippen LogP contribution in [0.4, 0.5) is 10.7 Å². The van der Waals surface area contributed by atoms with Crippen molar-refractivity contribution in [2.45, 2.75) is 11.8 Å². The number of carbonyl (C=O) groups is 2. The van der Waals surface area contributed by atoms with Gasteiger partial charge < -0.3 is 9.47 Å². The van der Waals surface area contributed by atoms with Gasteiger partial charge in [-0.3, -0.25) is 5.32 Å². The van der Waals surface area contributed by atoms with Crippen LogP contribution in [0.25, 0.3) is 0 Å². The molecule has 0 spiro atoms. The van der Waals surface area contributed by atoms with Crippen molar-refractivity contribution in [3.8, 4) is 6.01 Å². The Bertz CT molecular complexity index is 1000. The molecule has 0 saturated carbocycles. The third kappa shape index (κ3) is 6.23. The fourth-order valence-corrected chi connectivity index (χ4v) is 3.74. The zero-order chi connectivity index (χ0) is 20.2. The number of methoxy groups -OCH3 is 2. The van der Waals surface area contributed by atoms with E-state index in [0.29, 0.717) is 3.57 Å². The molecular formula is C14H14IN5NaO6S. The van der Waals surface area contributed by atoms with Crippen LogP contribution in [-0.4, -0.2) is 79.1 Å². The summed E-state index contributed by atoms with van der Waals surface area (Å²) in [6.45, 7) is 1.54. The molecule has 11 nitrogen and oxygen atoms in total. The first-order valence-corrected chi connectivity index (χ1v) is 9.71. The number of halogens is 1. The molecule has 0 bridgehead atoms. The second kappa shape index (κ2) is 10.3. The first-order chi connectivity index (χ1) is 12.7. The number of benzene rings is 1. The van der Waals surface area contributed by atoms with Gasteiger partial charge in [-0.15, -0.1) is 0 Å². The van der Waals surface area contributed by atoms with E-state index in [0.717, 1.165) is 7.11 Å². The van der Waals surface area contributed by atoms with E-state index in [1.807, 2.05) is 22.6 Å². The van der Waals surface area contributed by atoms with Gasteiger partial charge in [0.05, 0.1) is 19.8 Å². The maximum Gasteiger partial charge on any atom is 0.339 e. The maximum absolute atomic E-state index is 12.6. The van der Waals surface area contributed by atoms with Crippen LogP contribution in [0.3, 0.4) is 0 Å². The molecule has 1 aromatic heterocycles. The molecule has 28 heavy (non-hydrogen) atoms. The molecule has 0 unspecified atom stereocenters. The van der Waals surface area contributed by atoms with Crippen molar-refractivity contribution < 1.29 is 27.5 Å². The van der Waals surface area contributed by atoms with E-state index in [2.05, 4.69) is 25.0 Å². The summed E-state index contributed by atoms with van der Waals surface area (Å²) in [6.07, 6.45) is 0. The SMILES string of the molecule is COC(=O)c1ccc(I)cc1S(=O)(=O)NC(=O)Nc1nc(C)nc(OC)n1.[Na]. The van der Waals surface area contributed by atoms with Crippen molar-refractivity contribution in [3.63, 3.8) is 0 Å². The van der Waals surface area contributed by atoms with Crippen LogP contribution in [0.1, 0.15) is 16.2 Å². The van der Waals surface area contributed by atoms with Gasteiger partial charge in [-0.2, -0.15) is 15.0 Å². The van der Waals surface area contributed by atoms with Gasteiger partial charge in [-0.25, -0.2) is 22.7 Å². The minimum atomic E-state index is -4.38. The van der Waals surface area contributed by atoms with E-state index in [-0.39, 0.29) is 52.9 Å². The molecule has 0 aliphatic rings. The molecule has 1 heterocycles. The average Bonchev–Trinajstić information content (AvgIpc) is 2.59. The molecular weight excluding hydrogens is 516 g/mol. The molecule has 2 N–H and O–H groups in total. The number of aryl methyl sites for hydroxylation is 1. The molecule has 1 aromatic carbocycles. The number of nitrogens with zero attached hydrogens (tertiary/aromatic N) is 3. The zero-order valence-electron chi connectivity index (χ0n) is 15.3. The number of hydrogen-bond acceptors (Lipinski definition) is 9. The molecule has 0 aliphatic carbocycles. The first-order valence-electron chi connectivity index (χ1n) is 7.14. The van der Waals surface area contributed by atoms with Crippen LogP contribution in [-0.2, 0) is 14.8 Å². The van der Waals surface area contributed by atoms with Gasteiger partial charge in [0.1, 0.15) is 10.7 Å². The van der Waals surface area contributed by atoms with Crippen molar-refractivity contribution >= 4 is 80.1 Å². The van der Waals surface area contributed by atoms with E-state index in [1.165, 1.54) is 25.3 Å². The molecule has 2 amide bonds. The average molecular weight is 530 g/mol. The fourth-order valence-electron chi connectivity index (χ4n) is 1.91. The van der Waals surface area contributed by atoms with E-state index >= 15 is 0 Å². The summed E-state index contributed by atoms with van der Waals surface area (Å²) in [4.78, 5) is 35.0. The van der Waals surface area contributed by atoms with Gasteiger partial charge in [-0.05, 0) is 47.7 Å². The smallest absolute Gasteiger partial charge is 0.339 e. The molecule has 0 aliphatic heterocycles. The number of anilines is 1. The first kappa shape index (κ1) is 24.5. The third-order valence-corrected chi connectivity index (χ3v) is 5.04. The minimum absolute atomic E-state index is 0. The van der Waals surface area contributed by atoms with Crippen LogP contribution >= 0.6 is 22.6 Å². The molecule has 2 rings (SSSR count). The van der Waals surface area contributed by atoms with Crippen molar-refractivity contribution in [2.75, 3.05) is 19.5 Å². The van der Waals surface area contributed by atoms with Crippen molar-refractivity contribution in [2.24, 2.45) is 0 Å². The summed E-state index contributed by atoms with van der Waals surface area (Å²) in [6, 6.07) is 2.88. The Morgan fingerprint density at radius 2 is 1.82 bits per heavy atom. The molecule has 0 atom stereocenters. The number of ether oxygens (including phenoxy) is 2. The summed E-state index contributed by atoms with van der Waals surface area (Å²) in [7, 11) is -1.94. The van der Waals surface area contributed by atoms with Gasteiger partial charge in [0.15, 0.2) is 0 Å². The predicted octanol–water partition coefficient (Wildman–Crippen LogP) is 0.709. The van der Waals surface area contributed by atoms with Gasteiger partial charge in [-0.1, -0.05) is 0 Å². The molecule has 1 radical (unpaired) electrons.